The topological polar surface area (TPSA) is 49.9 Å². The van der Waals surface area contributed by atoms with Crippen molar-refractivity contribution in [3.05, 3.63) is 65.2 Å². The summed E-state index contributed by atoms with van der Waals surface area (Å²) < 4.78 is 81.3. The van der Waals surface area contributed by atoms with E-state index in [1.165, 1.54) is 21.9 Å². The van der Waals surface area contributed by atoms with Gasteiger partial charge in [-0.1, -0.05) is 6.07 Å². The molecule has 1 aliphatic heterocycles. The maximum absolute atomic E-state index is 12.7. The fraction of sp³-hybridized carbons (Fsp3) is 0.333. The number of halogens is 6. The number of alkyl halides is 6. The number of piperazine rings is 1. The Balaban J connectivity index is 1.51. The van der Waals surface area contributed by atoms with Gasteiger partial charge in [0.05, 0.1) is 11.1 Å². The standard InChI is InChI=1S/C21H18F6N2O3/c22-20(23,24)15-6-4-14(5-7-15)19(31)29-10-8-28(9-11-29)18(30)13-32-17-3-1-2-16(12-17)21(25,26)27/h1-7,12H,8-11,13H2. The van der Waals surface area contributed by atoms with Gasteiger partial charge in [0.2, 0.25) is 0 Å². The van der Waals surface area contributed by atoms with E-state index in [0.717, 1.165) is 36.4 Å². The van der Waals surface area contributed by atoms with Crippen LogP contribution in [0.15, 0.2) is 48.5 Å². The molecular formula is C21H18F6N2O3. The summed E-state index contributed by atoms with van der Waals surface area (Å²) in [6, 6.07) is 8.04. The van der Waals surface area contributed by atoms with Gasteiger partial charge in [0.15, 0.2) is 6.61 Å². The fourth-order valence-corrected chi connectivity index (χ4v) is 3.14. The minimum Gasteiger partial charge on any atom is -0.484 e. The molecule has 0 spiro atoms. The zero-order chi connectivity index (χ0) is 23.5. The van der Waals surface area contributed by atoms with Gasteiger partial charge in [-0.05, 0) is 42.5 Å². The highest BCUT2D eigenvalue weighted by atomic mass is 19.4. The zero-order valence-corrected chi connectivity index (χ0v) is 16.5. The monoisotopic (exact) mass is 460 g/mol. The van der Waals surface area contributed by atoms with E-state index in [-0.39, 0.29) is 37.5 Å². The number of hydrogen-bond acceptors (Lipinski definition) is 3. The highest BCUT2D eigenvalue weighted by molar-refractivity contribution is 5.94. The highest BCUT2D eigenvalue weighted by Gasteiger charge is 2.32. The summed E-state index contributed by atoms with van der Waals surface area (Å²) >= 11 is 0. The van der Waals surface area contributed by atoms with E-state index >= 15 is 0 Å². The van der Waals surface area contributed by atoms with Crippen molar-refractivity contribution in [3.8, 4) is 5.75 Å². The highest BCUT2D eigenvalue weighted by Crippen LogP contribution is 2.31. The van der Waals surface area contributed by atoms with Gasteiger partial charge in [0.25, 0.3) is 11.8 Å². The lowest BCUT2D eigenvalue weighted by molar-refractivity contribution is -0.138. The number of rotatable bonds is 4. The fourth-order valence-electron chi connectivity index (χ4n) is 3.14. The normalized spacial score (nSPS) is 14.9. The molecule has 0 unspecified atom stereocenters. The lowest BCUT2D eigenvalue weighted by Gasteiger charge is -2.34. The van der Waals surface area contributed by atoms with Crippen molar-refractivity contribution in [3.63, 3.8) is 0 Å². The van der Waals surface area contributed by atoms with Crippen molar-refractivity contribution in [1.29, 1.82) is 0 Å². The van der Waals surface area contributed by atoms with Crippen LogP contribution >= 0.6 is 0 Å². The first-order chi connectivity index (χ1) is 14.9. The molecule has 2 aromatic carbocycles. The summed E-state index contributed by atoms with van der Waals surface area (Å²) in [7, 11) is 0. The van der Waals surface area contributed by atoms with Crippen LogP contribution in [0, 0.1) is 0 Å². The minimum atomic E-state index is -4.53. The van der Waals surface area contributed by atoms with Crippen LogP contribution in [0.5, 0.6) is 5.75 Å². The van der Waals surface area contributed by atoms with Crippen LogP contribution in [0.3, 0.4) is 0 Å². The Morgan fingerprint density at radius 1 is 0.781 bits per heavy atom. The van der Waals surface area contributed by atoms with Gasteiger partial charge >= 0.3 is 12.4 Å². The van der Waals surface area contributed by atoms with Crippen LogP contribution in [0.1, 0.15) is 21.5 Å². The lowest BCUT2D eigenvalue weighted by Crippen LogP contribution is -2.51. The second-order valence-electron chi connectivity index (χ2n) is 7.06. The van der Waals surface area contributed by atoms with E-state index in [4.69, 9.17) is 4.74 Å². The molecule has 2 aromatic rings. The Morgan fingerprint density at radius 3 is 1.91 bits per heavy atom. The molecule has 0 saturated carbocycles. The third-order valence-corrected chi connectivity index (χ3v) is 4.90. The van der Waals surface area contributed by atoms with Crippen LogP contribution < -0.4 is 4.74 Å². The number of amides is 2. The van der Waals surface area contributed by atoms with Crippen molar-refractivity contribution in [2.24, 2.45) is 0 Å². The Morgan fingerprint density at radius 2 is 1.34 bits per heavy atom. The molecule has 11 heteroatoms. The molecule has 0 radical (unpaired) electrons. The second kappa shape index (κ2) is 9.09. The SMILES string of the molecule is O=C(COc1cccc(C(F)(F)F)c1)N1CCN(C(=O)c2ccc(C(F)(F)F)cc2)CC1. The van der Waals surface area contributed by atoms with Gasteiger partial charge in [-0.25, -0.2) is 0 Å². The molecule has 0 atom stereocenters. The molecule has 1 aliphatic rings. The predicted molar refractivity (Wildman–Crippen MR) is 101 cm³/mol. The van der Waals surface area contributed by atoms with E-state index < -0.39 is 41.9 Å². The molecule has 5 nitrogen and oxygen atoms in total. The third-order valence-electron chi connectivity index (χ3n) is 4.90. The number of ether oxygens (including phenoxy) is 1. The second-order valence-corrected chi connectivity index (χ2v) is 7.06. The molecule has 0 N–H and O–H groups in total. The molecule has 1 saturated heterocycles. The number of carbonyl (C=O) groups is 2. The first-order valence-electron chi connectivity index (χ1n) is 9.49. The van der Waals surface area contributed by atoms with Crippen LogP contribution in [0.4, 0.5) is 26.3 Å². The number of nitrogens with zero attached hydrogens (tertiary/aromatic N) is 2. The Labute approximate surface area is 179 Å². The third kappa shape index (κ3) is 5.71. The number of carbonyl (C=O) groups excluding carboxylic acids is 2. The molecule has 0 aliphatic carbocycles. The maximum Gasteiger partial charge on any atom is 0.416 e. The first kappa shape index (κ1) is 23.4. The summed E-state index contributed by atoms with van der Waals surface area (Å²) in [5.74, 6) is -1.00. The summed E-state index contributed by atoms with van der Waals surface area (Å²) in [6.07, 6.45) is -9.02. The van der Waals surface area contributed by atoms with E-state index in [2.05, 4.69) is 0 Å². The van der Waals surface area contributed by atoms with Gasteiger partial charge in [-0.2, -0.15) is 26.3 Å². The van der Waals surface area contributed by atoms with Crippen LogP contribution in [-0.4, -0.2) is 54.4 Å². The molecule has 3 rings (SSSR count). The van der Waals surface area contributed by atoms with Crippen molar-refractivity contribution in [1.82, 2.24) is 9.80 Å². The predicted octanol–water partition coefficient (Wildman–Crippen LogP) is 4.09. The maximum atomic E-state index is 12.7. The minimum absolute atomic E-state index is 0.0932. The molecule has 1 fully saturated rings. The number of benzene rings is 2. The Kier molecular flexibility index (Phi) is 6.65. The summed E-state index contributed by atoms with van der Waals surface area (Å²) in [4.78, 5) is 27.6. The van der Waals surface area contributed by atoms with Crippen LogP contribution in [0.25, 0.3) is 0 Å². The average Bonchev–Trinajstić information content (AvgIpc) is 2.76. The molecular weight excluding hydrogens is 442 g/mol. The van der Waals surface area contributed by atoms with Gasteiger partial charge < -0.3 is 14.5 Å². The summed E-state index contributed by atoms with van der Waals surface area (Å²) in [5, 5.41) is 0. The largest absolute Gasteiger partial charge is 0.484 e. The van der Waals surface area contributed by atoms with Crippen LogP contribution in [-0.2, 0) is 17.1 Å². The first-order valence-corrected chi connectivity index (χ1v) is 9.49. The van der Waals surface area contributed by atoms with Crippen LogP contribution in [0.2, 0.25) is 0 Å². The quantitative estimate of drug-likeness (QED) is 0.646. The smallest absolute Gasteiger partial charge is 0.416 e. The molecule has 2 amide bonds. The van der Waals surface area contributed by atoms with Crippen molar-refractivity contribution in [2.45, 2.75) is 12.4 Å². The molecule has 32 heavy (non-hydrogen) atoms. The van der Waals surface area contributed by atoms with Gasteiger partial charge in [0, 0.05) is 31.7 Å². The Bertz CT molecular complexity index is 965. The summed E-state index contributed by atoms with van der Waals surface area (Å²) in [6.45, 7) is 0.187. The number of hydrogen-bond donors (Lipinski definition) is 0. The lowest BCUT2D eigenvalue weighted by atomic mass is 10.1. The van der Waals surface area contributed by atoms with Crippen molar-refractivity contribution >= 4 is 11.8 Å². The average molecular weight is 460 g/mol. The van der Waals surface area contributed by atoms with E-state index in [1.807, 2.05) is 0 Å². The van der Waals surface area contributed by atoms with Crippen molar-refractivity contribution < 1.29 is 40.7 Å². The van der Waals surface area contributed by atoms with Gasteiger partial charge in [0.1, 0.15) is 5.75 Å². The van der Waals surface area contributed by atoms with E-state index in [9.17, 15) is 35.9 Å². The molecule has 1 heterocycles. The van der Waals surface area contributed by atoms with E-state index in [0.29, 0.717) is 0 Å². The van der Waals surface area contributed by atoms with E-state index in [1.54, 1.807) is 0 Å². The van der Waals surface area contributed by atoms with Gasteiger partial charge in [-0.3, -0.25) is 9.59 Å². The molecule has 0 aromatic heterocycles. The Hall–Kier alpha value is -3.24. The zero-order valence-electron chi connectivity index (χ0n) is 16.5. The molecule has 0 bridgehead atoms. The summed E-state index contributed by atoms with van der Waals surface area (Å²) in [5.41, 5.74) is -1.64. The molecule has 172 valence electrons. The van der Waals surface area contributed by atoms with Gasteiger partial charge in [-0.15, -0.1) is 0 Å². The van der Waals surface area contributed by atoms with Crippen molar-refractivity contribution in [2.75, 3.05) is 32.8 Å².